The maximum Gasteiger partial charge on any atom is 0.340 e. The molecule has 3 N–H and O–H groups in total. The molecular formula is C14H16N2O2S. The lowest BCUT2D eigenvalue weighted by atomic mass is 10.1. The second-order valence-corrected chi connectivity index (χ2v) is 5.08. The first-order valence-corrected chi connectivity index (χ1v) is 6.83. The summed E-state index contributed by atoms with van der Waals surface area (Å²) in [4.78, 5) is 12.8. The quantitative estimate of drug-likeness (QED) is 0.651. The Morgan fingerprint density at radius 1 is 1.42 bits per heavy atom. The molecule has 100 valence electrons. The van der Waals surface area contributed by atoms with Crippen molar-refractivity contribution in [2.75, 3.05) is 24.7 Å². The summed E-state index contributed by atoms with van der Waals surface area (Å²) < 4.78 is 4.69. The maximum atomic E-state index is 11.5. The Kier molecular flexibility index (Phi) is 4.41. The molecule has 0 fully saturated rings. The van der Waals surface area contributed by atoms with Crippen LogP contribution in [0.25, 0.3) is 0 Å². The van der Waals surface area contributed by atoms with Gasteiger partial charge in [0.1, 0.15) is 0 Å². The van der Waals surface area contributed by atoms with Gasteiger partial charge in [0.15, 0.2) is 0 Å². The first kappa shape index (κ1) is 13.4. The van der Waals surface area contributed by atoms with E-state index < -0.39 is 5.97 Å². The first-order chi connectivity index (χ1) is 9.20. The highest BCUT2D eigenvalue weighted by atomic mass is 32.1. The molecule has 0 radical (unpaired) electrons. The minimum Gasteiger partial charge on any atom is -0.465 e. The van der Waals surface area contributed by atoms with Crippen LogP contribution >= 0.6 is 11.3 Å². The van der Waals surface area contributed by atoms with Crippen LogP contribution in [0.3, 0.4) is 0 Å². The number of benzene rings is 1. The number of carbonyl (C=O) groups excluding carboxylic acids is 1. The highest BCUT2D eigenvalue weighted by Gasteiger charge is 2.10. The van der Waals surface area contributed by atoms with Gasteiger partial charge in [0, 0.05) is 22.8 Å². The lowest BCUT2D eigenvalue weighted by Gasteiger charge is -2.09. The predicted octanol–water partition coefficient (Wildman–Crippen LogP) is 2.77. The molecule has 4 nitrogen and oxygen atoms in total. The first-order valence-electron chi connectivity index (χ1n) is 5.95. The third-order valence-electron chi connectivity index (χ3n) is 2.74. The molecule has 2 aromatic rings. The van der Waals surface area contributed by atoms with Crippen LogP contribution in [-0.2, 0) is 11.2 Å². The minimum atomic E-state index is -0.417. The van der Waals surface area contributed by atoms with E-state index in [0.717, 1.165) is 18.7 Å². The summed E-state index contributed by atoms with van der Waals surface area (Å²) in [5.74, 6) is -0.417. The minimum absolute atomic E-state index is 0.392. The highest BCUT2D eigenvalue weighted by Crippen LogP contribution is 2.19. The van der Waals surface area contributed by atoms with Crippen molar-refractivity contribution in [1.29, 1.82) is 0 Å². The molecule has 0 aliphatic heterocycles. The van der Waals surface area contributed by atoms with Crippen molar-refractivity contribution in [3.63, 3.8) is 0 Å². The fourth-order valence-corrected chi connectivity index (χ4v) is 2.45. The van der Waals surface area contributed by atoms with E-state index in [9.17, 15) is 4.79 Å². The van der Waals surface area contributed by atoms with Gasteiger partial charge >= 0.3 is 5.97 Å². The number of thiophene rings is 1. The number of ether oxygens (including phenoxy) is 1. The number of carbonyl (C=O) groups is 1. The van der Waals surface area contributed by atoms with Crippen molar-refractivity contribution < 1.29 is 9.53 Å². The summed E-state index contributed by atoms with van der Waals surface area (Å²) >= 11 is 1.74. The van der Waals surface area contributed by atoms with E-state index >= 15 is 0 Å². The molecule has 2 rings (SSSR count). The zero-order valence-corrected chi connectivity index (χ0v) is 11.5. The van der Waals surface area contributed by atoms with Gasteiger partial charge < -0.3 is 15.8 Å². The third kappa shape index (κ3) is 3.48. The van der Waals surface area contributed by atoms with Gasteiger partial charge in [-0.1, -0.05) is 6.07 Å². The molecule has 0 aliphatic rings. The van der Waals surface area contributed by atoms with Crippen LogP contribution in [0.5, 0.6) is 0 Å². The number of nitrogens with two attached hydrogens (primary N) is 1. The predicted molar refractivity (Wildman–Crippen MR) is 78.7 cm³/mol. The van der Waals surface area contributed by atoms with Crippen molar-refractivity contribution in [3.8, 4) is 0 Å². The summed E-state index contributed by atoms with van der Waals surface area (Å²) in [6, 6.07) is 9.43. The summed E-state index contributed by atoms with van der Waals surface area (Å²) in [6.07, 6.45) is 0.954. The van der Waals surface area contributed by atoms with Gasteiger partial charge in [0.05, 0.1) is 12.7 Å². The third-order valence-corrected chi connectivity index (χ3v) is 3.68. The van der Waals surface area contributed by atoms with Gasteiger partial charge in [0.2, 0.25) is 0 Å². The number of rotatable bonds is 5. The Bertz CT molecular complexity index is 553. The van der Waals surface area contributed by atoms with Crippen LogP contribution in [-0.4, -0.2) is 19.6 Å². The van der Waals surface area contributed by atoms with E-state index in [2.05, 4.69) is 16.8 Å². The van der Waals surface area contributed by atoms with Crippen molar-refractivity contribution >= 4 is 28.7 Å². The van der Waals surface area contributed by atoms with Crippen LogP contribution in [0.1, 0.15) is 15.2 Å². The van der Waals surface area contributed by atoms with Crippen LogP contribution < -0.4 is 11.1 Å². The summed E-state index contributed by atoms with van der Waals surface area (Å²) in [5, 5.41) is 5.34. The fraction of sp³-hybridized carbons (Fsp3) is 0.214. The van der Waals surface area contributed by atoms with Crippen LogP contribution in [0.2, 0.25) is 0 Å². The van der Waals surface area contributed by atoms with E-state index in [1.54, 1.807) is 23.5 Å². The van der Waals surface area contributed by atoms with Crippen molar-refractivity contribution in [3.05, 3.63) is 46.2 Å². The molecule has 5 heteroatoms. The number of esters is 1. The Balaban J connectivity index is 1.99. The van der Waals surface area contributed by atoms with Gasteiger partial charge in [-0.2, -0.15) is 0 Å². The Hall–Kier alpha value is -2.01. The van der Waals surface area contributed by atoms with Crippen molar-refractivity contribution in [1.82, 2.24) is 0 Å². The fourth-order valence-electron chi connectivity index (χ4n) is 1.74. The molecule has 1 heterocycles. The number of hydrogen-bond donors (Lipinski definition) is 2. The lowest BCUT2D eigenvalue weighted by Crippen LogP contribution is -2.08. The molecule has 0 spiro atoms. The molecule has 0 saturated carbocycles. The zero-order valence-electron chi connectivity index (χ0n) is 10.7. The Morgan fingerprint density at radius 2 is 2.26 bits per heavy atom. The number of hydrogen-bond acceptors (Lipinski definition) is 5. The summed E-state index contributed by atoms with van der Waals surface area (Å²) in [5.41, 5.74) is 7.43. The molecule has 0 atom stereocenters. The van der Waals surface area contributed by atoms with E-state index in [1.165, 1.54) is 12.0 Å². The van der Waals surface area contributed by atoms with Crippen LogP contribution in [0, 0.1) is 0 Å². The molecule has 0 amide bonds. The number of anilines is 2. The van der Waals surface area contributed by atoms with Gasteiger partial charge in [-0.25, -0.2) is 4.79 Å². The summed E-state index contributed by atoms with van der Waals surface area (Å²) in [7, 11) is 1.35. The van der Waals surface area contributed by atoms with E-state index in [0.29, 0.717) is 11.3 Å². The molecule has 0 aliphatic carbocycles. The number of nitrogens with one attached hydrogen (secondary N) is 1. The van der Waals surface area contributed by atoms with Gasteiger partial charge in [-0.15, -0.1) is 11.3 Å². The molecular weight excluding hydrogens is 260 g/mol. The molecule has 19 heavy (non-hydrogen) atoms. The normalized spacial score (nSPS) is 10.2. The topological polar surface area (TPSA) is 64.3 Å². The van der Waals surface area contributed by atoms with E-state index in [4.69, 9.17) is 10.5 Å². The zero-order chi connectivity index (χ0) is 13.7. The molecule has 1 aromatic heterocycles. The second-order valence-electron chi connectivity index (χ2n) is 4.05. The highest BCUT2D eigenvalue weighted by molar-refractivity contribution is 7.09. The van der Waals surface area contributed by atoms with E-state index in [-0.39, 0.29) is 0 Å². The van der Waals surface area contributed by atoms with Crippen LogP contribution in [0.4, 0.5) is 11.4 Å². The summed E-state index contributed by atoms with van der Waals surface area (Å²) in [6.45, 7) is 0.811. The molecule has 0 bridgehead atoms. The molecule has 0 unspecified atom stereocenters. The second kappa shape index (κ2) is 6.24. The number of nitrogen functional groups attached to an aromatic ring is 1. The SMILES string of the molecule is COC(=O)c1cc(NCCc2cccs2)ccc1N. The van der Waals surface area contributed by atoms with Crippen molar-refractivity contribution in [2.45, 2.75) is 6.42 Å². The van der Waals surface area contributed by atoms with Crippen molar-refractivity contribution in [2.24, 2.45) is 0 Å². The van der Waals surface area contributed by atoms with Crippen LogP contribution in [0.15, 0.2) is 35.7 Å². The Morgan fingerprint density at radius 3 is 2.95 bits per heavy atom. The van der Waals surface area contributed by atoms with Gasteiger partial charge in [-0.3, -0.25) is 0 Å². The maximum absolute atomic E-state index is 11.5. The van der Waals surface area contributed by atoms with Gasteiger partial charge in [0.25, 0.3) is 0 Å². The smallest absolute Gasteiger partial charge is 0.340 e. The lowest BCUT2D eigenvalue weighted by molar-refractivity contribution is 0.0602. The molecule has 0 saturated heterocycles. The Labute approximate surface area is 116 Å². The molecule has 1 aromatic carbocycles. The average Bonchev–Trinajstić information content (AvgIpc) is 2.93. The monoisotopic (exact) mass is 276 g/mol. The number of methoxy groups -OCH3 is 1. The standard InChI is InChI=1S/C14H16N2O2S/c1-18-14(17)12-9-10(4-5-13(12)15)16-7-6-11-3-2-8-19-11/h2-5,8-9,16H,6-7,15H2,1H3. The largest absolute Gasteiger partial charge is 0.465 e. The van der Waals surface area contributed by atoms with E-state index in [1.807, 2.05) is 12.1 Å². The van der Waals surface area contributed by atoms with Gasteiger partial charge in [-0.05, 0) is 36.1 Å². The average molecular weight is 276 g/mol.